The zero-order valence-corrected chi connectivity index (χ0v) is 16.7. The molecule has 3 N–H and O–H groups in total. The van der Waals surface area contributed by atoms with E-state index in [1.807, 2.05) is 49.1 Å². The van der Waals surface area contributed by atoms with Gasteiger partial charge >= 0.3 is 0 Å². The number of hydrogen-bond acceptors (Lipinski definition) is 4. The van der Waals surface area contributed by atoms with Gasteiger partial charge in [-0.05, 0) is 43.4 Å². The van der Waals surface area contributed by atoms with Crippen LogP contribution >= 0.6 is 11.3 Å². The largest absolute Gasteiger partial charge is 0.386 e. The molecule has 0 aliphatic heterocycles. The number of benzene rings is 1. The Bertz CT molecular complexity index is 852. The quantitative estimate of drug-likeness (QED) is 0.316. The van der Waals surface area contributed by atoms with Crippen molar-refractivity contribution in [3.8, 4) is 0 Å². The van der Waals surface area contributed by atoms with E-state index in [1.165, 1.54) is 15.6 Å². The summed E-state index contributed by atoms with van der Waals surface area (Å²) in [5.74, 6) is 0.731. The maximum atomic E-state index is 10.5. The van der Waals surface area contributed by atoms with Crippen LogP contribution in [0.1, 0.15) is 29.9 Å². The molecule has 6 nitrogen and oxygen atoms in total. The van der Waals surface area contributed by atoms with Gasteiger partial charge in [-0.2, -0.15) is 5.10 Å². The molecule has 0 aliphatic carbocycles. The van der Waals surface area contributed by atoms with Gasteiger partial charge in [-0.1, -0.05) is 18.2 Å². The fourth-order valence-corrected chi connectivity index (χ4v) is 3.86. The summed E-state index contributed by atoms with van der Waals surface area (Å²) in [6.07, 6.45) is 4.27. The van der Waals surface area contributed by atoms with E-state index in [1.54, 1.807) is 11.3 Å². The second kappa shape index (κ2) is 9.53. The number of aryl methyl sites for hydroxylation is 2. The summed E-state index contributed by atoms with van der Waals surface area (Å²) in [7, 11) is 0. The molecule has 2 heterocycles. The van der Waals surface area contributed by atoms with Crippen LogP contribution < -0.4 is 10.6 Å². The molecule has 27 heavy (non-hydrogen) atoms. The van der Waals surface area contributed by atoms with Gasteiger partial charge in [0, 0.05) is 35.4 Å². The van der Waals surface area contributed by atoms with E-state index in [4.69, 9.17) is 0 Å². The standard InChI is InChI=1S/C20H27N5OS/c1-3-21-20(22-9-6-10-25-14-15(2)12-24-25)23-13-17(26)19-11-16-7-4-5-8-18(16)27-19/h4-5,7-8,11-12,14,17,26H,3,6,9-10,13H2,1-2H3,(H2,21,22,23). The first-order valence-electron chi connectivity index (χ1n) is 9.33. The third kappa shape index (κ3) is 5.55. The number of nitrogens with zero attached hydrogens (tertiary/aromatic N) is 3. The van der Waals surface area contributed by atoms with Gasteiger partial charge in [0.2, 0.25) is 0 Å². The molecule has 1 unspecified atom stereocenters. The summed E-state index contributed by atoms with van der Waals surface area (Å²) >= 11 is 1.62. The van der Waals surface area contributed by atoms with Crippen molar-refractivity contribution in [3.05, 3.63) is 53.2 Å². The fourth-order valence-electron chi connectivity index (χ4n) is 2.81. The van der Waals surface area contributed by atoms with Gasteiger partial charge in [-0.3, -0.25) is 9.67 Å². The SMILES string of the molecule is CCNC(=NCC(O)c1cc2ccccc2s1)NCCCn1cc(C)cn1. The lowest BCUT2D eigenvalue weighted by Gasteiger charge is -2.12. The van der Waals surface area contributed by atoms with Crippen molar-refractivity contribution in [2.24, 2.45) is 4.99 Å². The first-order valence-corrected chi connectivity index (χ1v) is 10.1. The van der Waals surface area contributed by atoms with Gasteiger partial charge in [0.25, 0.3) is 0 Å². The monoisotopic (exact) mass is 385 g/mol. The molecule has 0 fully saturated rings. The van der Waals surface area contributed by atoms with Gasteiger partial charge in [-0.25, -0.2) is 0 Å². The molecule has 0 spiro atoms. The van der Waals surface area contributed by atoms with Crippen molar-refractivity contribution >= 4 is 27.4 Å². The average molecular weight is 386 g/mol. The van der Waals surface area contributed by atoms with Crippen LogP contribution in [0.5, 0.6) is 0 Å². The average Bonchev–Trinajstić information content (AvgIpc) is 3.28. The third-order valence-corrected chi connectivity index (χ3v) is 5.38. The number of aromatic nitrogens is 2. The Morgan fingerprint density at radius 3 is 2.93 bits per heavy atom. The van der Waals surface area contributed by atoms with Crippen LogP contribution in [-0.2, 0) is 6.54 Å². The smallest absolute Gasteiger partial charge is 0.191 e. The van der Waals surface area contributed by atoms with Gasteiger partial charge in [0.05, 0.1) is 12.7 Å². The van der Waals surface area contributed by atoms with Crippen molar-refractivity contribution < 1.29 is 5.11 Å². The minimum absolute atomic E-state index is 0.334. The highest BCUT2D eigenvalue weighted by Crippen LogP contribution is 2.29. The molecule has 0 saturated carbocycles. The van der Waals surface area contributed by atoms with E-state index in [-0.39, 0.29) is 0 Å². The fraction of sp³-hybridized carbons (Fsp3) is 0.400. The minimum atomic E-state index is -0.593. The van der Waals surface area contributed by atoms with E-state index in [0.717, 1.165) is 36.9 Å². The lowest BCUT2D eigenvalue weighted by atomic mass is 10.2. The summed E-state index contributed by atoms with van der Waals surface area (Å²) in [5, 5.41) is 22.5. The van der Waals surface area contributed by atoms with Crippen LogP contribution in [0.3, 0.4) is 0 Å². The van der Waals surface area contributed by atoms with E-state index >= 15 is 0 Å². The lowest BCUT2D eigenvalue weighted by Crippen LogP contribution is -2.38. The van der Waals surface area contributed by atoms with Gasteiger partial charge in [-0.15, -0.1) is 11.3 Å². The summed E-state index contributed by atoms with van der Waals surface area (Å²) in [6, 6.07) is 10.2. The number of aliphatic hydroxyl groups is 1. The highest BCUT2D eigenvalue weighted by Gasteiger charge is 2.11. The molecule has 2 aromatic heterocycles. The van der Waals surface area contributed by atoms with Gasteiger partial charge in [0.15, 0.2) is 5.96 Å². The van der Waals surface area contributed by atoms with E-state index in [2.05, 4.69) is 32.9 Å². The van der Waals surface area contributed by atoms with Crippen LogP contribution in [0.15, 0.2) is 47.7 Å². The first kappa shape index (κ1) is 19.4. The van der Waals surface area contributed by atoms with Crippen LogP contribution in [0, 0.1) is 6.92 Å². The number of fused-ring (bicyclic) bond motifs is 1. The molecule has 0 bridgehead atoms. The Hall–Kier alpha value is -2.38. The first-order chi connectivity index (χ1) is 13.2. The Labute approximate surface area is 163 Å². The molecule has 144 valence electrons. The Kier molecular flexibility index (Phi) is 6.84. The molecule has 0 radical (unpaired) electrons. The number of aliphatic imine (C=N–C) groups is 1. The van der Waals surface area contributed by atoms with E-state index < -0.39 is 6.10 Å². The second-order valence-corrected chi connectivity index (χ2v) is 7.60. The molecular formula is C20H27N5OS. The van der Waals surface area contributed by atoms with Crippen LogP contribution in [0.25, 0.3) is 10.1 Å². The predicted octanol–water partition coefficient (Wildman–Crippen LogP) is 3.09. The highest BCUT2D eigenvalue weighted by molar-refractivity contribution is 7.19. The number of aliphatic hydroxyl groups excluding tert-OH is 1. The number of hydrogen-bond donors (Lipinski definition) is 3. The maximum Gasteiger partial charge on any atom is 0.191 e. The minimum Gasteiger partial charge on any atom is -0.386 e. The Morgan fingerprint density at radius 1 is 1.33 bits per heavy atom. The predicted molar refractivity (Wildman–Crippen MR) is 112 cm³/mol. The topological polar surface area (TPSA) is 74.5 Å². The number of thiophene rings is 1. The normalized spacial score (nSPS) is 13.1. The van der Waals surface area contributed by atoms with Gasteiger partial charge in [0.1, 0.15) is 6.10 Å². The highest BCUT2D eigenvalue weighted by atomic mass is 32.1. The van der Waals surface area contributed by atoms with Crippen molar-refractivity contribution in [1.29, 1.82) is 0 Å². The van der Waals surface area contributed by atoms with Crippen molar-refractivity contribution in [2.45, 2.75) is 32.9 Å². The molecule has 3 rings (SSSR count). The van der Waals surface area contributed by atoms with Crippen molar-refractivity contribution in [2.75, 3.05) is 19.6 Å². The summed E-state index contributed by atoms with van der Waals surface area (Å²) in [6.45, 7) is 6.85. The molecule has 1 aromatic carbocycles. The van der Waals surface area contributed by atoms with Crippen molar-refractivity contribution in [3.63, 3.8) is 0 Å². The summed E-state index contributed by atoms with van der Waals surface area (Å²) < 4.78 is 3.14. The third-order valence-electron chi connectivity index (χ3n) is 4.16. The molecular weight excluding hydrogens is 358 g/mol. The maximum absolute atomic E-state index is 10.5. The number of guanidine groups is 1. The zero-order valence-electron chi connectivity index (χ0n) is 15.9. The van der Waals surface area contributed by atoms with Crippen molar-refractivity contribution in [1.82, 2.24) is 20.4 Å². The molecule has 1 atom stereocenters. The Morgan fingerprint density at radius 2 is 2.19 bits per heavy atom. The van der Waals surface area contributed by atoms with Crippen LogP contribution in [0.2, 0.25) is 0 Å². The molecule has 7 heteroatoms. The van der Waals surface area contributed by atoms with Crippen LogP contribution in [-0.4, -0.2) is 40.5 Å². The Balaban J connectivity index is 1.51. The summed E-state index contributed by atoms with van der Waals surface area (Å²) in [4.78, 5) is 5.49. The zero-order chi connectivity index (χ0) is 19.1. The van der Waals surface area contributed by atoms with E-state index in [9.17, 15) is 5.11 Å². The second-order valence-electron chi connectivity index (χ2n) is 6.48. The lowest BCUT2D eigenvalue weighted by molar-refractivity contribution is 0.191. The molecule has 0 saturated heterocycles. The number of rotatable bonds is 8. The van der Waals surface area contributed by atoms with E-state index in [0.29, 0.717) is 6.54 Å². The summed E-state index contributed by atoms with van der Waals surface area (Å²) in [5.41, 5.74) is 1.17. The van der Waals surface area contributed by atoms with Crippen LogP contribution in [0.4, 0.5) is 0 Å². The molecule has 3 aromatic rings. The molecule has 0 amide bonds. The molecule has 0 aliphatic rings. The van der Waals surface area contributed by atoms with Gasteiger partial charge < -0.3 is 15.7 Å². The number of nitrogens with one attached hydrogen (secondary N) is 2.